The maximum atomic E-state index is 12.0. The maximum absolute atomic E-state index is 12.0. The average molecular weight is 218 g/mol. The van der Waals surface area contributed by atoms with E-state index in [0.29, 0.717) is 13.0 Å². The molecule has 0 unspecified atom stereocenters. The van der Waals surface area contributed by atoms with Crippen LogP contribution < -0.4 is 10.6 Å². The summed E-state index contributed by atoms with van der Waals surface area (Å²) in [7, 11) is 0. The fourth-order valence-electron chi connectivity index (χ4n) is 2.21. The first kappa shape index (κ1) is 11.1. The number of nitrogens with two attached hydrogens (primary N) is 1. The molecule has 0 aromatic heterocycles. The molecule has 0 bridgehead atoms. The van der Waals surface area contributed by atoms with E-state index in [4.69, 9.17) is 5.73 Å². The van der Waals surface area contributed by atoms with Crippen LogP contribution in [0, 0.1) is 0 Å². The van der Waals surface area contributed by atoms with Gasteiger partial charge in [0, 0.05) is 25.2 Å². The van der Waals surface area contributed by atoms with Crippen molar-refractivity contribution in [1.82, 2.24) is 0 Å². The van der Waals surface area contributed by atoms with Gasteiger partial charge in [0.2, 0.25) is 5.91 Å². The summed E-state index contributed by atoms with van der Waals surface area (Å²) in [6.45, 7) is 1.26. The van der Waals surface area contributed by atoms with Gasteiger partial charge in [0.1, 0.15) is 0 Å². The highest BCUT2D eigenvalue weighted by molar-refractivity contribution is 5.94. The molecule has 3 heteroatoms. The van der Waals surface area contributed by atoms with Gasteiger partial charge in [-0.1, -0.05) is 18.2 Å². The molecule has 0 atom stereocenters. The highest BCUT2D eigenvalue weighted by Crippen LogP contribution is 2.26. The van der Waals surface area contributed by atoms with E-state index in [1.54, 1.807) is 0 Å². The van der Waals surface area contributed by atoms with Crippen molar-refractivity contribution in [3.8, 4) is 0 Å². The van der Waals surface area contributed by atoms with E-state index in [-0.39, 0.29) is 5.91 Å². The van der Waals surface area contributed by atoms with Gasteiger partial charge in [-0.25, -0.2) is 0 Å². The van der Waals surface area contributed by atoms with Crippen LogP contribution in [0.15, 0.2) is 24.3 Å². The van der Waals surface area contributed by atoms with Gasteiger partial charge in [-0.15, -0.1) is 0 Å². The Kier molecular flexibility index (Phi) is 3.57. The molecule has 1 aromatic rings. The fraction of sp³-hybridized carbons (Fsp3) is 0.462. The van der Waals surface area contributed by atoms with E-state index in [1.165, 1.54) is 5.56 Å². The molecule has 1 aromatic carbocycles. The molecule has 0 radical (unpaired) electrons. The second-order valence-electron chi connectivity index (χ2n) is 4.17. The van der Waals surface area contributed by atoms with Crippen LogP contribution in [-0.4, -0.2) is 19.0 Å². The number of aryl methyl sites for hydroxylation is 1. The third-order valence-corrected chi connectivity index (χ3v) is 3.02. The molecular weight excluding hydrogens is 200 g/mol. The number of rotatable bonds is 2. The molecule has 0 fully saturated rings. The number of anilines is 1. The van der Waals surface area contributed by atoms with Crippen molar-refractivity contribution >= 4 is 11.6 Å². The zero-order chi connectivity index (χ0) is 11.4. The first-order valence-electron chi connectivity index (χ1n) is 5.91. The maximum Gasteiger partial charge on any atom is 0.228 e. The minimum atomic E-state index is 0.150. The van der Waals surface area contributed by atoms with Crippen molar-refractivity contribution in [2.24, 2.45) is 5.73 Å². The molecule has 0 spiro atoms. The second kappa shape index (κ2) is 5.12. The fourth-order valence-corrected chi connectivity index (χ4v) is 2.21. The van der Waals surface area contributed by atoms with Crippen molar-refractivity contribution in [2.75, 3.05) is 18.0 Å². The highest BCUT2D eigenvalue weighted by atomic mass is 16.2. The van der Waals surface area contributed by atoms with E-state index in [9.17, 15) is 4.79 Å². The third kappa shape index (κ3) is 2.25. The van der Waals surface area contributed by atoms with Crippen LogP contribution in [-0.2, 0) is 11.2 Å². The number of para-hydroxylation sites is 1. The van der Waals surface area contributed by atoms with Crippen LogP contribution in [0.2, 0.25) is 0 Å². The Hall–Kier alpha value is -1.35. The zero-order valence-corrected chi connectivity index (χ0v) is 9.48. The highest BCUT2D eigenvalue weighted by Gasteiger charge is 2.19. The van der Waals surface area contributed by atoms with Crippen LogP contribution in [0.3, 0.4) is 0 Å². The Bertz CT molecular complexity index is 376. The quantitative estimate of drug-likeness (QED) is 0.821. The number of hydrogen-bond donors (Lipinski definition) is 1. The molecule has 0 aliphatic carbocycles. The van der Waals surface area contributed by atoms with Gasteiger partial charge >= 0.3 is 0 Å². The molecule has 1 aliphatic rings. The Morgan fingerprint density at radius 1 is 1.31 bits per heavy atom. The van der Waals surface area contributed by atoms with E-state index in [1.807, 2.05) is 23.1 Å². The summed E-state index contributed by atoms with van der Waals surface area (Å²) >= 11 is 0. The van der Waals surface area contributed by atoms with Gasteiger partial charge in [0.15, 0.2) is 0 Å². The molecule has 1 amide bonds. The smallest absolute Gasteiger partial charge is 0.228 e. The minimum absolute atomic E-state index is 0.150. The van der Waals surface area contributed by atoms with E-state index >= 15 is 0 Å². The van der Waals surface area contributed by atoms with E-state index in [0.717, 1.165) is 31.5 Å². The molecular formula is C13H18N2O. The predicted molar refractivity (Wildman–Crippen MR) is 65.4 cm³/mol. The topological polar surface area (TPSA) is 46.3 Å². The van der Waals surface area contributed by atoms with Gasteiger partial charge in [0.25, 0.3) is 0 Å². The molecule has 0 saturated carbocycles. The Morgan fingerprint density at radius 3 is 2.94 bits per heavy atom. The molecule has 0 saturated heterocycles. The lowest BCUT2D eigenvalue weighted by atomic mass is 10.1. The number of benzene rings is 1. The summed E-state index contributed by atoms with van der Waals surface area (Å²) in [6, 6.07) is 8.18. The predicted octanol–water partition coefficient (Wildman–Crippen LogP) is 1.70. The number of nitrogens with zero attached hydrogens (tertiary/aromatic N) is 1. The lowest BCUT2D eigenvalue weighted by Crippen LogP contribution is -2.33. The molecule has 2 N–H and O–H groups in total. The summed E-state index contributed by atoms with van der Waals surface area (Å²) < 4.78 is 0. The number of fused-ring (bicyclic) bond motifs is 1. The monoisotopic (exact) mass is 218 g/mol. The third-order valence-electron chi connectivity index (χ3n) is 3.02. The van der Waals surface area contributed by atoms with Crippen molar-refractivity contribution in [3.05, 3.63) is 29.8 Å². The van der Waals surface area contributed by atoms with Crippen LogP contribution in [0.5, 0.6) is 0 Å². The number of hydrogen-bond acceptors (Lipinski definition) is 2. The average Bonchev–Trinajstić information content (AvgIpc) is 2.51. The molecule has 16 heavy (non-hydrogen) atoms. The second-order valence-corrected chi connectivity index (χ2v) is 4.17. The zero-order valence-electron chi connectivity index (χ0n) is 9.48. The summed E-state index contributed by atoms with van der Waals surface area (Å²) in [5.41, 5.74) is 7.81. The molecule has 1 heterocycles. The first-order chi connectivity index (χ1) is 7.83. The molecule has 2 rings (SSSR count). The Labute approximate surface area is 96.2 Å². The Balaban J connectivity index is 2.28. The van der Waals surface area contributed by atoms with Gasteiger partial charge in [-0.05, 0) is 30.9 Å². The standard InChI is InChI=1S/C13H18N2O/c14-9-8-13(16)15-10-4-3-6-11-5-1-2-7-12(11)15/h1-2,5,7H,3-4,6,8-10,14H2. The summed E-state index contributed by atoms with van der Waals surface area (Å²) in [6.07, 6.45) is 3.74. The largest absolute Gasteiger partial charge is 0.330 e. The lowest BCUT2D eigenvalue weighted by Gasteiger charge is -2.22. The van der Waals surface area contributed by atoms with Crippen molar-refractivity contribution in [3.63, 3.8) is 0 Å². The van der Waals surface area contributed by atoms with Crippen LogP contribution in [0.1, 0.15) is 24.8 Å². The molecule has 86 valence electrons. The first-order valence-corrected chi connectivity index (χ1v) is 5.91. The van der Waals surface area contributed by atoms with Gasteiger partial charge in [-0.3, -0.25) is 4.79 Å². The van der Waals surface area contributed by atoms with E-state index in [2.05, 4.69) is 6.07 Å². The van der Waals surface area contributed by atoms with Crippen molar-refractivity contribution < 1.29 is 4.79 Å². The van der Waals surface area contributed by atoms with Crippen LogP contribution in [0.25, 0.3) is 0 Å². The van der Waals surface area contributed by atoms with Gasteiger partial charge < -0.3 is 10.6 Å². The van der Waals surface area contributed by atoms with E-state index < -0.39 is 0 Å². The number of carbonyl (C=O) groups excluding carboxylic acids is 1. The summed E-state index contributed by atoms with van der Waals surface area (Å²) in [5, 5.41) is 0. The van der Waals surface area contributed by atoms with Crippen LogP contribution in [0.4, 0.5) is 5.69 Å². The summed E-state index contributed by atoms with van der Waals surface area (Å²) in [5.74, 6) is 0.150. The van der Waals surface area contributed by atoms with Crippen molar-refractivity contribution in [1.29, 1.82) is 0 Å². The number of carbonyl (C=O) groups is 1. The summed E-state index contributed by atoms with van der Waals surface area (Å²) in [4.78, 5) is 13.9. The Morgan fingerprint density at radius 2 is 2.12 bits per heavy atom. The van der Waals surface area contributed by atoms with Crippen LogP contribution >= 0.6 is 0 Å². The minimum Gasteiger partial charge on any atom is -0.330 e. The normalized spacial score (nSPS) is 15.4. The van der Waals surface area contributed by atoms with Crippen molar-refractivity contribution in [2.45, 2.75) is 25.7 Å². The van der Waals surface area contributed by atoms with Gasteiger partial charge in [-0.2, -0.15) is 0 Å². The SMILES string of the molecule is NCCC(=O)N1CCCCc2ccccc21. The number of amides is 1. The van der Waals surface area contributed by atoms with Gasteiger partial charge in [0.05, 0.1) is 0 Å². The lowest BCUT2D eigenvalue weighted by molar-refractivity contribution is -0.118. The molecule has 1 aliphatic heterocycles. The molecule has 3 nitrogen and oxygen atoms in total.